The molecule has 11 heteroatoms. The number of anilines is 1. The zero-order valence-electron chi connectivity index (χ0n) is 20.0. The van der Waals surface area contributed by atoms with Gasteiger partial charge in [-0.25, -0.2) is 18.1 Å². The maximum atomic E-state index is 14.2. The predicted molar refractivity (Wildman–Crippen MR) is 140 cm³/mol. The van der Waals surface area contributed by atoms with Gasteiger partial charge in [-0.3, -0.25) is 19.4 Å². The van der Waals surface area contributed by atoms with Gasteiger partial charge in [0.05, 0.1) is 40.3 Å². The van der Waals surface area contributed by atoms with Gasteiger partial charge in [-0.05, 0) is 60.0 Å². The minimum atomic E-state index is -1.00. The highest BCUT2D eigenvalue weighted by Crippen LogP contribution is 2.35. The van der Waals surface area contributed by atoms with E-state index < -0.39 is 41.2 Å². The summed E-state index contributed by atoms with van der Waals surface area (Å²) in [5.74, 6) is -4.50. The Labute approximate surface area is 226 Å². The van der Waals surface area contributed by atoms with Crippen LogP contribution in [0.1, 0.15) is 48.4 Å². The third-order valence-electron chi connectivity index (χ3n) is 6.23. The maximum Gasteiger partial charge on any atom is 0.266 e. The molecular weight excluding hydrogens is 533 g/mol. The monoisotopic (exact) mass is 552 g/mol. The van der Waals surface area contributed by atoms with Gasteiger partial charge in [-0.15, -0.1) is 12.4 Å². The maximum absolute atomic E-state index is 14.2. The summed E-state index contributed by atoms with van der Waals surface area (Å²) in [6.07, 6.45) is 1.26. The van der Waals surface area contributed by atoms with Gasteiger partial charge < -0.3 is 11.5 Å². The molecule has 2 heterocycles. The van der Waals surface area contributed by atoms with Crippen molar-refractivity contribution in [3.63, 3.8) is 0 Å². The minimum absolute atomic E-state index is 0. The van der Waals surface area contributed by atoms with Gasteiger partial charge in [0.25, 0.3) is 17.7 Å². The quantitative estimate of drug-likeness (QED) is 0.335. The Balaban J connectivity index is 0.00000353. The van der Waals surface area contributed by atoms with E-state index in [2.05, 4.69) is 4.98 Å². The van der Waals surface area contributed by atoms with Crippen molar-refractivity contribution in [1.29, 1.82) is 0 Å². The predicted octanol–water partition coefficient (Wildman–Crippen LogP) is 4.73. The first-order valence-corrected chi connectivity index (χ1v) is 11.4. The molecule has 1 aliphatic rings. The van der Waals surface area contributed by atoms with Gasteiger partial charge in [-0.1, -0.05) is 18.2 Å². The van der Waals surface area contributed by atoms with Crippen LogP contribution in [0, 0.1) is 17.5 Å². The number of benzene rings is 3. The molecule has 4 N–H and O–H groups in total. The van der Waals surface area contributed by atoms with Crippen molar-refractivity contribution in [1.82, 2.24) is 4.98 Å². The summed E-state index contributed by atoms with van der Waals surface area (Å²) in [7, 11) is 0. The Morgan fingerprint density at radius 1 is 0.872 bits per heavy atom. The normalized spacial score (nSPS) is 13.2. The topological polar surface area (TPSA) is 119 Å². The van der Waals surface area contributed by atoms with Crippen LogP contribution in [0.5, 0.6) is 0 Å². The molecule has 0 fully saturated rings. The molecule has 0 unspecified atom stereocenters. The molecule has 0 aliphatic carbocycles. The highest BCUT2D eigenvalue weighted by atomic mass is 35.5. The zero-order valence-corrected chi connectivity index (χ0v) is 20.8. The van der Waals surface area contributed by atoms with Crippen molar-refractivity contribution >= 4 is 35.8 Å². The molecule has 4 aromatic rings. The lowest BCUT2D eigenvalue weighted by Gasteiger charge is -2.20. The SMILES string of the molecule is Cl.NC(=O)c1cc(-c2cc(N3C(=O)c4ccccc4C3=O)cnc2[C@@H](N)Cc2cc(F)cc(F)c2)ccc1F. The highest BCUT2D eigenvalue weighted by molar-refractivity contribution is 6.34. The average molecular weight is 553 g/mol. The molecule has 3 amide bonds. The number of imide groups is 1. The van der Waals surface area contributed by atoms with Crippen LogP contribution in [0.25, 0.3) is 11.1 Å². The van der Waals surface area contributed by atoms with Crippen LogP contribution in [-0.2, 0) is 6.42 Å². The van der Waals surface area contributed by atoms with E-state index in [-0.39, 0.29) is 63.6 Å². The van der Waals surface area contributed by atoms with E-state index in [9.17, 15) is 27.6 Å². The average Bonchev–Trinajstić information content (AvgIpc) is 3.13. The third kappa shape index (κ3) is 5.12. The number of carbonyl (C=O) groups excluding carboxylic acids is 3. The number of hydrogen-bond donors (Lipinski definition) is 2. The minimum Gasteiger partial charge on any atom is -0.366 e. The van der Waals surface area contributed by atoms with E-state index in [1.54, 1.807) is 12.1 Å². The summed E-state index contributed by atoms with van der Waals surface area (Å²) in [5, 5.41) is 0. The van der Waals surface area contributed by atoms with Crippen molar-refractivity contribution in [3.05, 3.63) is 118 Å². The highest BCUT2D eigenvalue weighted by Gasteiger charge is 2.37. The first-order chi connectivity index (χ1) is 18.1. The molecule has 7 nitrogen and oxygen atoms in total. The molecule has 5 rings (SSSR count). The lowest BCUT2D eigenvalue weighted by molar-refractivity contribution is 0.0924. The Bertz CT molecular complexity index is 1590. The van der Waals surface area contributed by atoms with Crippen LogP contribution in [-0.4, -0.2) is 22.7 Å². The molecule has 3 aromatic carbocycles. The van der Waals surface area contributed by atoms with Crippen LogP contribution in [0.4, 0.5) is 18.9 Å². The number of rotatable bonds is 6. The standard InChI is InChI=1S/C28H19F3N4O3.ClH/c29-16-7-14(8-17(30)11-16)9-24(32)25-21(15-5-6-23(31)22(10-15)26(33)36)12-18(13-34-25)35-27(37)19-3-1-2-4-20(19)28(35)38;/h1-8,10-13,24H,9,32H2,(H2,33,36);1H/t24-;/m0./s1. The Kier molecular flexibility index (Phi) is 7.53. The van der Waals surface area contributed by atoms with E-state index in [4.69, 9.17) is 11.5 Å². The number of aromatic nitrogens is 1. The molecule has 198 valence electrons. The lowest BCUT2D eigenvalue weighted by atomic mass is 9.94. The summed E-state index contributed by atoms with van der Waals surface area (Å²) in [6.45, 7) is 0. The number of nitrogens with two attached hydrogens (primary N) is 2. The van der Waals surface area contributed by atoms with Crippen LogP contribution in [0.3, 0.4) is 0 Å². The van der Waals surface area contributed by atoms with Crippen LogP contribution in [0.15, 0.2) is 72.9 Å². The molecule has 1 aromatic heterocycles. The van der Waals surface area contributed by atoms with Gasteiger partial charge >= 0.3 is 0 Å². The van der Waals surface area contributed by atoms with Crippen molar-refractivity contribution < 1.29 is 27.6 Å². The molecular formula is C28H20ClF3N4O3. The number of carbonyl (C=O) groups is 3. The molecule has 0 bridgehead atoms. The Morgan fingerprint density at radius 2 is 1.49 bits per heavy atom. The van der Waals surface area contributed by atoms with Crippen molar-refractivity contribution in [2.75, 3.05) is 4.90 Å². The first kappa shape index (κ1) is 27.5. The molecule has 39 heavy (non-hydrogen) atoms. The fraction of sp³-hybridized carbons (Fsp3) is 0.0714. The van der Waals surface area contributed by atoms with Gasteiger partial charge in [0, 0.05) is 11.6 Å². The second-order valence-electron chi connectivity index (χ2n) is 8.76. The van der Waals surface area contributed by atoms with Gasteiger partial charge in [0.15, 0.2) is 0 Å². The molecule has 0 radical (unpaired) electrons. The van der Waals surface area contributed by atoms with Gasteiger partial charge in [-0.2, -0.15) is 0 Å². The fourth-order valence-corrected chi connectivity index (χ4v) is 4.50. The van der Waals surface area contributed by atoms with Gasteiger partial charge in [0.2, 0.25) is 0 Å². The van der Waals surface area contributed by atoms with Gasteiger partial charge in [0.1, 0.15) is 17.5 Å². The molecule has 0 spiro atoms. The summed E-state index contributed by atoms with van der Waals surface area (Å²) in [6, 6.07) is 13.5. The van der Waals surface area contributed by atoms with E-state index in [0.29, 0.717) is 0 Å². The van der Waals surface area contributed by atoms with Crippen molar-refractivity contribution in [3.8, 4) is 11.1 Å². The van der Waals surface area contributed by atoms with Crippen LogP contribution in [0.2, 0.25) is 0 Å². The van der Waals surface area contributed by atoms with Crippen LogP contribution < -0.4 is 16.4 Å². The third-order valence-corrected chi connectivity index (χ3v) is 6.23. The number of pyridine rings is 1. The number of primary amides is 1. The molecule has 0 saturated carbocycles. The summed E-state index contributed by atoms with van der Waals surface area (Å²) in [5.41, 5.74) is 12.9. The Morgan fingerprint density at radius 3 is 2.08 bits per heavy atom. The molecule has 1 atom stereocenters. The first-order valence-electron chi connectivity index (χ1n) is 11.4. The summed E-state index contributed by atoms with van der Waals surface area (Å²) < 4.78 is 41.7. The number of hydrogen-bond acceptors (Lipinski definition) is 5. The van der Waals surface area contributed by atoms with E-state index in [1.807, 2.05) is 0 Å². The zero-order chi connectivity index (χ0) is 27.1. The second kappa shape index (κ2) is 10.7. The van der Waals surface area contributed by atoms with E-state index in [1.165, 1.54) is 36.5 Å². The van der Waals surface area contributed by atoms with Crippen molar-refractivity contribution in [2.24, 2.45) is 11.5 Å². The molecule has 1 aliphatic heterocycles. The second-order valence-corrected chi connectivity index (χ2v) is 8.76. The lowest BCUT2D eigenvalue weighted by Crippen LogP contribution is -2.30. The largest absolute Gasteiger partial charge is 0.366 e. The van der Waals surface area contributed by atoms with Crippen LogP contribution >= 0.6 is 12.4 Å². The van der Waals surface area contributed by atoms with Crippen molar-refractivity contribution in [2.45, 2.75) is 12.5 Å². The number of fused-ring (bicyclic) bond motifs is 1. The summed E-state index contributed by atoms with van der Waals surface area (Å²) >= 11 is 0. The fourth-order valence-electron chi connectivity index (χ4n) is 4.50. The number of amides is 3. The smallest absolute Gasteiger partial charge is 0.266 e. The number of nitrogens with zero attached hydrogens (tertiary/aromatic N) is 2. The van der Waals surface area contributed by atoms with E-state index >= 15 is 0 Å². The molecule has 0 saturated heterocycles. The summed E-state index contributed by atoms with van der Waals surface area (Å²) in [4.78, 5) is 43.2. The number of halogens is 4. The van der Waals surface area contributed by atoms with E-state index in [0.717, 1.165) is 29.2 Å². The Hall–Kier alpha value is -4.54.